The number of furan rings is 1. The number of ether oxygens (including phenoxy) is 4. The Morgan fingerprint density at radius 1 is 0.764 bits per heavy atom. The number of nitrogens with one attached hydrogen (secondary N) is 3. The highest BCUT2D eigenvalue weighted by molar-refractivity contribution is 6.01. The first kappa shape index (κ1) is 54.7. The van der Waals surface area contributed by atoms with Gasteiger partial charge in [0.15, 0.2) is 12.4 Å². The quantitative estimate of drug-likeness (QED) is 0.0148. The zero-order valence-corrected chi connectivity index (χ0v) is 40.9. The summed E-state index contributed by atoms with van der Waals surface area (Å²) in [5.41, 5.74) is 2.34. The number of unbranched alkanes of at least 4 members (excludes halogenated alkanes) is 2. The number of methoxy groups -OCH3 is 1. The fourth-order valence-corrected chi connectivity index (χ4v) is 7.63. The van der Waals surface area contributed by atoms with Gasteiger partial charge in [-0.1, -0.05) is 112 Å². The van der Waals surface area contributed by atoms with Gasteiger partial charge in [0.25, 0.3) is 11.8 Å². The highest BCUT2D eigenvalue weighted by Gasteiger charge is 2.34. The Labute approximate surface area is 417 Å². The summed E-state index contributed by atoms with van der Waals surface area (Å²) in [5, 5.41) is 8.73. The first-order chi connectivity index (χ1) is 34.8. The van der Waals surface area contributed by atoms with Gasteiger partial charge in [0.2, 0.25) is 12.3 Å². The molecule has 18 heteroatoms. The Morgan fingerprint density at radius 3 is 2.10 bits per heavy atom. The minimum Gasteiger partial charge on any atom is -0.496 e. The lowest BCUT2D eigenvalue weighted by Gasteiger charge is -2.32. The first-order valence-corrected chi connectivity index (χ1v) is 23.5. The molecule has 3 N–H and O–H groups in total. The summed E-state index contributed by atoms with van der Waals surface area (Å²) in [6, 6.07) is 27.8. The van der Waals surface area contributed by atoms with Crippen molar-refractivity contribution in [3.63, 3.8) is 0 Å². The van der Waals surface area contributed by atoms with E-state index in [0.29, 0.717) is 35.9 Å². The third-order valence-corrected chi connectivity index (χ3v) is 11.4. The zero-order valence-electron chi connectivity index (χ0n) is 40.9. The Hall–Kier alpha value is -8.28. The molecule has 380 valence electrons. The SMILES string of the molecule is CCCCC[C@@H](C(=O)NCNC(=O)c1ccc(-c2ccc(C(=O)N[C@@H](CC(C)=O)C(=O)OCc3ccccc3)c(OCC(=O)OCc3ccccc3)c2)o1)[C@@H](CC)N(C=O)OC(=O)c1c(C)cccc1OC. The van der Waals surface area contributed by atoms with E-state index in [4.69, 9.17) is 28.2 Å². The highest BCUT2D eigenvalue weighted by Crippen LogP contribution is 2.30. The van der Waals surface area contributed by atoms with Crippen LogP contribution < -0.4 is 25.4 Å². The second kappa shape index (κ2) is 27.8. The number of hydrogen-bond acceptors (Lipinski definition) is 14. The molecule has 4 amide bonds. The second-order valence-corrected chi connectivity index (χ2v) is 16.6. The fraction of sp³-hybridized carbons (Fsp3) is 0.333. The smallest absolute Gasteiger partial charge is 0.367 e. The molecule has 0 aliphatic heterocycles. The number of ketones is 1. The van der Waals surface area contributed by atoms with Crippen LogP contribution in [0.2, 0.25) is 0 Å². The van der Waals surface area contributed by atoms with E-state index in [2.05, 4.69) is 16.0 Å². The molecule has 0 bridgehead atoms. The lowest BCUT2D eigenvalue weighted by atomic mass is 9.90. The van der Waals surface area contributed by atoms with Crippen LogP contribution in [0.15, 0.2) is 114 Å². The standard InChI is InChI=1S/C54H60N4O14/c1-6-8-11-22-40(43(7-2)58(34-59)72-54(66)49-35(3)17-16-23-45(49)67-5)50(62)55-33-56-52(64)46-27-26-44(71-46)39-24-25-41(47(29-39)68-32-48(61)69-30-37-18-12-9-13-19-37)51(63)57-42(28-36(4)60)53(65)70-31-38-20-14-10-15-21-38/h9-10,12-21,23-27,29,34,40,42-43H,6-8,11,22,28,30-33H2,1-5H3,(H,55,62)(H,56,64)(H,57,63)/t40-,42+,43-/m1/s1. The Balaban J connectivity index is 1.29. The maximum atomic E-state index is 13.8. The third-order valence-electron chi connectivity index (χ3n) is 11.4. The number of esters is 2. The van der Waals surface area contributed by atoms with Crippen LogP contribution in [-0.4, -0.2) is 85.4 Å². The molecule has 18 nitrogen and oxygen atoms in total. The molecule has 0 fully saturated rings. The molecular weight excluding hydrogens is 929 g/mol. The number of aryl methyl sites for hydroxylation is 1. The molecule has 0 aliphatic rings. The van der Waals surface area contributed by atoms with Gasteiger partial charge in [0.05, 0.1) is 31.3 Å². The second-order valence-electron chi connectivity index (χ2n) is 16.6. The van der Waals surface area contributed by atoms with Crippen LogP contribution in [0.5, 0.6) is 11.5 Å². The number of carbonyl (C=O) groups excluding carboxylic acids is 8. The number of nitrogens with zero attached hydrogens (tertiary/aromatic N) is 1. The minimum atomic E-state index is -1.36. The number of Topliss-reactive ketones (excluding diaryl/α,β-unsaturated/α-hetero) is 1. The van der Waals surface area contributed by atoms with Crippen molar-refractivity contribution < 1.29 is 66.6 Å². The van der Waals surface area contributed by atoms with Crippen molar-refractivity contribution in [3.8, 4) is 22.8 Å². The van der Waals surface area contributed by atoms with Crippen molar-refractivity contribution in [2.24, 2.45) is 5.92 Å². The summed E-state index contributed by atoms with van der Waals surface area (Å²) in [4.78, 5) is 111. The highest BCUT2D eigenvalue weighted by atomic mass is 16.7. The average molecular weight is 989 g/mol. The molecule has 0 unspecified atom stereocenters. The monoisotopic (exact) mass is 988 g/mol. The third kappa shape index (κ3) is 15.9. The molecule has 0 saturated carbocycles. The minimum absolute atomic E-state index is 0.0326. The van der Waals surface area contributed by atoms with Crippen LogP contribution in [0.4, 0.5) is 0 Å². The molecule has 5 aromatic rings. The van der Waals surface area contributed by atoms with Crippen molar-refractivity contribution in [1.29, 1.82) is 0 Å². The van der Waals surface area contributed by atoms with Gasteiger partial charge in [-0.05, 0) is 73.7 Å². The van der Waals surface area contributed by atoms with Crippen LogP contribution >= 0.6 is 0 Å². The van der Waals surface area contributed by atoms with Gasteiger partial charge < -0.3 is 44.2 Å². The zero-order chi connectivity index (χ0) is 52.0. The van der Waals surface area contributed by atoms with E-state index in [-0.39, 0.29) is 72.7 Å². The number of benzene rings is 4. The van der Waals surface area contributed by atoms with E-state index in [1.165, 1.54) is 44.4 Å². The largest absolute Gasteiger partial charge is 0.496 e. The van der Waals surface area contributed by atoms with Crippen LogP contribution in [0.3, 0.4) is 0 Å². The molecule has 1 aromatic heterocycles. The molecule has 0 spiro atoms. The molecule has 4 aromatic carbocycles. The predicted octanol–water partition coefficient (Wildman–Crippen LogP) is 7.22. The van der Waals surface area contributed by atoms with Gasteiger partial charge in [0, 0.05) is 12.0 Å². The lowest BCUT2D eigenvalue weighted by Crippen LogP contribution is -2.49. The number of carbonyl (C=O) groups is 8. The number of rotatable bonds is 28. The summed E-state index contributed by atoms with van der Waals surface area (Å²) in [6.45, 7) is 5.66. The molecule has 3 atom stereocenters. The Kier molecular flexibility index (Phi) is 21.1. The first-order valence-electron chi connectivity index (χ1n) is 23.5. The van der Waals surface area contributed by atoms with Crippen molar-refractivity contribution in [2.45, 2.75) is 91.5 Å². The molecule has 0 radical (unpaired) electrons. The normalized spacial score (nSPS) is 12.0. The van der Waals surface area contributed by atoms with Gasteiger partial charge in [-0.3, -0.25) is 24.0 Å². The van der Waals surface area contributed by atoms with Gasteiger partial charge in [0.1, 0.15) is 47.9 Å². The van der Waals surface area contributed by atoms with Gasteiger partial charge >= 0.3 is 17.9 Å². The number of amides is 4. The predicted molar refractivity (Wildman–Crippen MR) is 262 cm³/mol. The summed E-state index contributed by atoms with van der Waals surface area (Å²) in [5.74, 6) is -5.50. The van der Waals surface area contributed by atoms with Crippen molar-refractivity contribution in [3.05, 3.63) is 143 Å². The van der Waals surface area contributed by atoms with Crippen molar-refractivity contribution in [1.82, 2.24) is 21.0 Å². The van der Waals surface area contributed by atoms with Crippen LogP contribution in [0, 0.1) is 12.8 Å². The molecule has 1 heterocycles. The Bertz CT molecular complexity index is 2650. The number of hydroxylamine groups is 2. The van der Waals surface area contributed by atoms with Crippen LogP contribution in [0.1, 0.15) is 107 Å². The van der Waals surface area contributed by atoms with E-state index >= 15 is 0 Å². The van der Waals surface area contributed by atoms with Gasteiger partial charge in [-0.25, -0.2) is 14.4 Å². The van der Waals surface area contributed by atoms with Crippen molar-refractivity contribution >= 4 is 47.8 Å². The summed E-state index contributed by atoms with van der Waals surface area (Å²) >= 11 is 0. The van der Waals surface area contributed by atoms with Crippen LogP contribution in [-0.2, 0) is 51.5 Å². The van der Waals surface area contributed by atoms with Gasteiger partial charge in [-0.2, -0.15) is 5.06 Å². The van der Waals surface area contributed by atoms with Crippen molar-refractivity contribution in [2.75, 3.05) is 20.4 Å². The van der Waals surface area contributed by atoms with E-state index in [9.17, 15) is 38.4 Å². The van der Waals surface area contributed by atoms with E-state index < -0.39 is 60.2 Å². The summed E-state index contributed by atoms with van der Waals surface area (Å²) in [6.07, 6.45) is 2.91. The van der Waals surface area contributed by atoms with E-state index in [1.54, 1.807) is 86.6 Å². The Morgan fingerprint density at radius 2 is 1.46 bits per heavy atom. The van der Waals surface area contributed by atoms with E-state index in [0.717, 1.165) is 23.5 Å². The number of hydrogen-bond donors (Lipinski definition) is 3. The molecule has 0 saturated heterocycles. The van der Waals surface area contributed by atoms with E-state index in [1.807, 2.05) is 13.0 Å². The molecular formula is C54H60N4O14. The lowest BCUT2D eigenvalue weighted by molar-refractivity contribution is -0.171. The fourth-order valence-electron chi connectivity index (χ4n) is 7.63. The molecule has 72 heavy (non-hydrogen) atoms. The topological polar surface area (TPSA) is 235 Å². The maximum Gasteiger partial charge on any atom is 0.367 e. The molecule has 5 rings (SSSR count). The summed E-state index contributed by atoms with van der Waals surface area (Å²) < 4.78 is 27.9. The summed E-state index contributed by atoms with van der Waals surface area (Å²) in [7, 11) is 1.41. The maximum absolute atomic E-state index is 13.8. The molecule has 0 aliphatic carbocycles. The van der Waals surface area contributed by atoms with Crippen LogP contribution in [0.25, 0.3) is 11.3 Å². The van der Waals surface area contributed by atoms with Gasteiger partial charge in [-0.15, -0.1) is 0 Å². The average Bonchev–Trinajstić information content (AvgIpc) is 3.89.